The highest BCUT2D eigenvalue weighted by Gasteiger charge is 2.33. The Morgan fingerprint density at radius 3 is 2.52 bits per heavy atom. The molecule has 164 valence electrons. The van der Waals surface area contributed by atoms with Gasteiger partial charge in [-0.15, -0.1) is 0 Å². The van der Waals surface area contributed by atoms with E-state index < -0.39 is 0 Å². The lowest BCUT2D eigenvalue weighted by atomic mass is 10.1. The van der Waals surface area contributed by atoms with E-state index in [0.29, 0.717) is 19.6 Å². The molecule has 0 bridgehead atoms. The number of pyridine rings is 1. The summed E-state index contributed by atoms with van der Waals surface area (Å²) < 4.78 is 0. The van der Waals surface area contributed by atoms with Gasteiger partial charge in [0.1, 0.15) is 0 Å². The van der Waals surface area contributed by atoms with E-state index in [0.717, 1.165) is 39.1 Å². The minimum atomic E-state index is -0.376. The molecule has 2 amide bonds. The molecule has 7 heteroatoms. The van der Waals surface area contributed by atoms with Crippen LogP contribution in [0.1, 0.15) is 17.5 Å². The zero-order valence-electron chi connectivity index (χ0n) is 17.9. The highest BCUT2D eigenvalue weighted by Crippen LogP contribution is 2.14. The van der Waals surface area contributed by atoms with Crippen molar-refractivity contribution in [3.8, 4) is 0 Å². The maximum atomic E-state index is 13.0. The standard InChI is InChI=1S/C24H31N5O2/c30-23(29-15-13-27(14-16-29)19-21-7-4-9-25-18-21)17-22-24(31)26-10-12-28(22)11-8-20-5-2-1-3-6-20/h1-7,9,18,22H,8,10-17,19H2,(H,26,31). The number of hydrogen-bond acceptors (Lipinski definition) is 5. The van der Waals surface area contributed by atoms with Crippen LogP contribution < -0.4 is 5.32 Å². The first-order chi connectivity index (χ1) is 15.2. The van der Waals surface area contributed by atoms with Crippen LogP contribution >= 0.6 is 0 Å². The quantitative estimate of drug-likeness (QED) is 0.727. The summed E-state index contributed by atoms with van der Waals surface area (Å²) in [6, 6.07) is 13.9. The average molecular weight is 422 g/mol. The fourth-order valence-electron chi connectivity index (χ4n) is 4.37. The van der Waals surface area contributed by atoms with E-state index in [1.165, 1.54) is 11.1 Å². The molecule has 0 saturated carbocycles. The molecular formula is C24H31N5O2. The first-order valence-electron chi connectivity index (χ1n) is 11.1. The average Bonchev–Trinajstić information content (AvgIpc) is 2.81. The molecule has 2 aromatic rings. The largest absolute Gasteiger partial charge is 0.353 e. The van der Waals surface area contributed by atoms with E-state index in [1.54, 1.807) is 6.20 Å². The molecule has 2 aliphatic heterocycles. The third-order valence-electron chi connectivity index (χ3n) is 6.19. The summed E-state index contributed by atoms with van der Waals surface area (Å²) >= 11 is 0. The van der Waals surface area contributed by atoms with E-state index in [9.17, 15) is 9.59 Å². The fraction of sp³-hybridized carbons (Fsp3) is 0.458. The number of aromatic nitrogens is 1. The molecule has 0 radical (unpaired) electrons. The Balaban J connectivity index is 1.28. The van der Waals surface area contributed by atoms with Crippen molar-refractivity contribution in [1.82, 2.24) is 25.0 Å². The zero-order chi connectivity index (χ0) is 21.5. The van der Waals surface area contributed by atoms with E-state index in [2.05, 4.69) is 38.3 Å². The van der Waals surface area contributed by atoms with Crippen molar-refractivity contribution >= 4 is 11.8 Å². The number of carbonyl (C=O) groups excluding carboxylic acids is 2. The summed E-state index contributed by atoms with van der Waals surface area (Å²) in [5, 5.41) is 2.94. The Labute approximate surface area is 184 Å². The third kappa shape index (κ3) is 5.89. The Morgan fingerprint density at radius 1 is 1.00 bits per heavy atom. The molecule has 0 spiro atoms. The molecule has 7 nitrogen and oxygen atoms in total. The summed E-state index contributed by atoms with van der Waals surface area (Å²) in [5.41, 5.74) is 2.44. The number of hydrogen-bond donors (Lipinski definition) is 1. The van der Waals surface area contributed by atoms with Crippen LogP contribution in [0, 0.1) is 0 Å². The summed E-state index contributed by atoms with van der Waals surface area (Å²) in [5.74, 6) is 0.0515. The first-order valence-corrected chi connectivity index (χ1v) is 11.1. The molecule has 1 aromatic carbocycles. The van der Waals surface area contributed by atoms with Crippen LogP contribution in [0.3, 0.4) is 0 Å². The number of nitrogens with zero attached hydrogens (tertiary/aromatic N) is 4. The van der Waals surface area contributed by atoms with Gasteiger partial charge < -0.3 is 10.2 Å². The number of piperazine rings is 2. The lowest BCUT2D eigenvalue weighted by Crippen LogP contribution is -2.58. The predicted molar refractivity (Wildman–Crippen MR) is 119 cm³/mol. The molecule has 1 unspecified atom stereocenters. The van der Waals surface area contributed by atoms with Gasteiger partial charge in [-0.25, -0.2) is 0 Å². The molecule has 0 aliphatic carbocycles. The van der Waals surface area contributed by atoms with Gasteiger partial charge in [0.2, 0.25) is 11.8 Å². The number of benzene rings is 1. The van der Waals surface area contributed by atoms with Crippen molar-refractivity contribution in [3.05, 3.63) is 66.0 Å². The third-order valence-corrected chi connectivity index (χ3v) is 6.19. The van der Waals surface area contributed by atoms with Crippen molar-refractivity contribution in [1.29, 1.82) is 0 Å². The molecule has 1 aromatic heterocycles. The van der Waals surface area contributed by atoms with Crippen LogP contribution in [0.25, 0.3) is 0 Å². The van der Waals surface area contributed by atoms with Crippen LogP contribution in [-0.4, -0.2) is 83.4 Å². The predicted octanol–water partition coefficient (Wildman–Crippen LogP) is 1.16. The van der Waals surface area contributed by atoms with Crippen molar-refractivity contribution in [3.63, 3.8) is 0 Å². The lowest BCUT2D eigenvalue weighted by Gasteiger charge is -2.38. The topological polar surface area (TPSA) is 68.8 Å². The number of nitrogens with one attached hydrogen (secondary N) is 1. The smallest absolute Gasteiger partial charge is 0.237 e. The van der Waals surface area contributed by atoms with Gasteiger partial charge in [0.15, 0.2) is 0 Å². The summed E-state index contributed by atoms with van der Waals surface area (Å²) in [6.45, 7) is 6.17. The molecule has 2 aliphatic rings. The maximum Gasteiger partial charge on any atom is 0.237 e. The van der Waals surface area contributed by atoms with Crippen LogP contribution in [0.5, 0.6) is 0 Å². The second-order valence-corrected chi connectivity index (χ2v) is 8.30. The molecule has 4 rings (SSSR count). The molecular weight excluding hydrogens is 390 g/mol. The fourth-order valence-corrected chi connectivity index (χ4v) is 4.37. The molecule has 3 heterocycles. The van der Waals surface area contributed by atoms with E-state index in [1.807, 2.05) is 35.4 Å². The van der Waals surface area contributed by atoms with Crippen LogP contribution in [0.2, 0.25) is 0 Å². The van der Waals surface area contributed by atoms with Gasteiger partial charge >= 0.3 is 0 Å². The van der Waals surface area contributed by atoms with Crippen molar-refractivity contribution < 1.29 is 9.59 Å². The van der Waals surface area contributed by atoms with Gasteiger partial charge in [-0.2, -0.15) is 0 Å². The summed E-state index contributed by atoms with van der Waals surface area (Å²) in [7, 11) is 0. The Morgan fingerprint density at radius 2 is 1.77 bits per heavy atom. The summed E-state index contributed by atoms with van der Waals surface area (Å²) in [6.07, 6.45) is 4.81. The molecule has 1 atom stereocenters. The molecule has 31 heavy (non-hydrogen) atoms. The Hall–Kier alpha value is -2.77. The highest BCUT2D eigenvalue weighted by atomic mass is 16.2. The van der Waals surface area contributed by atoms with Gasteiger partial charge in [0, 0.05) is 64.8 Å². The zero-order valence-corrected chi connectivity index (χ0v) is 17.9. The Kier molecular flexibility index (Phi) is 7.27. The molecule has 2 fully saturated rings. The Bertz CT molecular complexity index is 853. The normalized spacial score (nSPS) is 20.5. The first kappa shape index (κ1) is 21.5. The van der Waals surface area contributed by atoms with Gasteiger partial charge in [0.25, 0.3) is 0 Å². The van der Waals surface area contributed by atoms with Crippen molar-refractivity contribution in [2.45, 2.75) is 25.4 Å². The minimum absolute atomic E-state index is 0.0251. The molecule has 2 saturated heterocycles. The maximum absolute atomic E-state index is 13.0. The lowest BCUT2D eigenvalue weighted by molar-refractivity contribution is -0.140. The molecule has 1 N–H and O–H groups in total. The van der Waals surface area contributed by atoms with Crippen LogP contribution in [-0.2, 0) is 22.6 Å². The van der Waals surface area contributed by atoms with E-state index in [4.69, 9.17) is 0 Å². The van der Waals surface area contributed by atoms with Crippen molar-refractivity contribution in [2.24, 2.45) is 0 Å². The minimum Gasteiger partial charge on any atom is -0.353 e. The van der Waals surface area contributed by atoms with E-state index in [-0.39, 0.29) is 24.3 Å². The van der Waals surface area contributed by atoms with Gasteiger partial charge in [-0.05, 0) is 23.6 Å². The van der Waals surface area contributed by atoms with Crippen LogP contribution in [0.4, 0.5) is 0 Å². The number of carbonyl (C=O) groups is 2. The number of rotatable bonds is 7. The van der Waals surface area contributed by atoms with Gasteiger partial charge in [-0.3, -0.25) is 24.4 Å². The monoisotopic (exact) mass is 421 g/mol. The van der Waals surface area contributed by atoms with Gasteiger partial charge in [0.05, 0.1) is 12.5 Å². The number of amides is 2. The van der Waals surface area contributed by atoms with Crippen LogP contribution in [0.15, 0.2) is 54.9 Å². The van der Waals surface area contributed by atoms with Gasteiger partial charge in [-0.1, -0.05) is 36.4 Å². The second kappa shape index (κ2) is 10.5. The van der Waals surface area contributed by atoms with Crippen molar-refractivity contribution in [2.75, 3.05) is 45.8 Å². The summed E-state index contributed by atoms with van der Waals surface area (Å²) in [4.78, 5) is 36.1. The second-order valence-electron chi connectivity index (χ2n) is 8.30. The SMILES string of the molecule is O=C1NCCN(CCc2ccccc2)C1CC(=O)N1CCN(Cc2cccnc2)CC1. The highest BCUT2D eigenvalue weighted by molar-refractivity contribution is 5.88. The van der Waals surface area contributed by atoms with E-state index >= 15 is 0 Å².